The number of carbonyl (C=O) groups excluding carboxylic acids is 4. The van der Waals surface area contributed by atoms with Gasteiger partial charge in [0.15, 0.2) is 6.20 Å². The number of anilines is 1. The lowest BCUT2D eigenvalue weighted by Gasteiger charge is -2.59. The van der Waals surface area contributed by atoms with Crippen molar-refractivity contribution in [3.05, 3.63) is 151 Å². The summed E-state index contributed by atoms with van der Waals surface area (Å²) in [5.41, 5.74) is 14.2. The number of allylic oxidation sites excluding steroid dienone is 1. The summed E-state index contributed by atoms with van der Waals surface area (Å²) in [5, 5.41) is 31.0. The molecule has 3 aliphatic rings. The van der Waals surface area contributed by atoms with Crippen molar-refractivity contribution in [2.75, 3.05) is 78.1 Å². The third kappa shape index (κ3) is 22.8. The number of benzene rings is 3. The number of sulfonamides is 1. The fourth-order valence-electron chi connectivity index (χ4n) is 14.2. The molecule has 4 amide bonds. The Bertz CT molecular complexity index is 4490. The predicted octanol–water partition coefficient (Wildman–Crippen LogP) is 11.4. The van der Waals surface area contributed by atoms with Gasteiger partial charge in [0.25, 0.3) is 15.9 Å². The molecule has 0 saturated heterocycles. The molecule has 3 atom stereocenters. The highest BCUT2D eigenvalue weighted by atomic mass is 32.2. The third-order valence-electron chi connectivity index (χ3n) is 20.6. The molecule has 3 heterocycles. The number of azide groups is 1. The molecule has 27 nitrogen and oxygen atoms in total. The number of nitrogens with zero attached hydrogens (tertiary/aromatic N) is 10. The molecular formula is C78H103N13O14S2. The Labute approximate surface area is 627 Å². The SMILES string of the molecule is CCN(CC)c1ccc2cc(/C=C/c3ccc(S(=O)(=O)[O-])c[n+]3CCCCCC(=O)NCCOCCn3cc(CCC(=O)N(CC#N)S(=O)(=O)c4ccc(C(=O)NCCCCCCC(=O)NCC5=C[C@H](c6c(OC)cc(C(C)(C)CCCCCCN=[N+]=[N-])cc6OC)[C@@H]6C[C@H]5C6(C)C)cc4)nn3)c(=O)oc2c1. The van der Waals surface area contributed by atoms with Crippen molar-refractivity contribution in [3.8, 4) is 17.6 Å². The molecule has 3 aliphatic carbocycles. The van der Waals surface area contributed by atoms with Crippen LogP contribution >= 0.6 is 0 Å². The quantitative estimate of drug-likeness (QED) is 0.00368. The van der Waals surface area contributed by atoms with Crippen molar-refractivity contribution >= 4 is 72.6 Å². The zero-order chi connectivity index (χ0) is 77.3. The first-order chi connectivity index (χ1) is 51.3. The number of carbonyl (C=O) groups is 4. The number of rotatable bonds is 45. The second-order valence-electron chi connectivity index (χ2n) is 28.5. The van der Waals surface area contributed by atoms with Gasteiger partial charge in [0.05, 0.1) is 56.2 Å². The maximum absolute atomic E-state index is 13.7. The van der Waals surface area contributed by atoms with E-state index in [-0.39, 0.29) is 90.2 Å². The molecule has 576 valence electrons. The number of methoxy groups -OCH3 is 2. The lowest BCUT2D eigenvalue weighted by molar-refractivity contribution is -0.700. The maximum atomic E-state index is 13.7. The zero-order valence-electron chi connectivity index (χ0n) is 62.9. The highest BCUT2D eigenvalue weighted by Gasteiger charge is 2.56. The first-order valence-electron chi connectivity index (χ1n) is 37.1. The second-order valence-corrected chi connectivity index (χ2v) is 31.7. The molecule has 0 spiro atoms. The van der Waals surface area contributed by atoms with E-state index in [1.165, 1.54) is 52.8 Å². The van der Waals surface area contributed by atoms with Crippen LogP contribution in [-0.4, -0.2) is 138 Å². The number of ether oxygens (including phenoxy) is 3. The Morgan fingerprint density at radius 3 is 2.21 bits per heavy atom. The van der Waals surface area contributed by atoms with Crippen LogP contribution in [0.25, 0.3) is 33.6 Å². The Kier molecular flexibility index (Phi) is 30.6. The van der Waals surface area contributed by atoms with E-state index >= 15 is 0 Å². The van der Waals surface area contributed by atoms with Crippen molar-refractivity contribution in [2.24, 2.45) is 22.4 Å². The number of pyridine rings is 1. The Hall–Kier alpha value is -9.46. The summed E-state index contributed by atoms with van der Waals surface area (Å²) >= 11 is 0. The average molecular weight is 1510 g/mol. The van der Waals surface area contributed by atoms with Crippen LogP contribution in [0, 0.1) is 28.6 Å². The van der Waals surface area contributed by atoms with E-state index in [4.69, 9.17) is 24.2 Å². The molecule has 0 radical (unpaired) electrons. The number of fused-ring (bicyclic) bond motifs is 2. The van der Waals surface area contributed by atoms with E-state index in [0.717, 1.165) is 98.2 Å². The molecule has 3 N–H and O–H groups in total. The normalized spacial score (nSPS) is 15.4. The second kappa shape index (κ2) is 39.4. The topological polar surface area (TPSA) is 367 Å². The summed E-state index contributed by atoms with van der Waals surface area (Å²) in [6.07, 6.45) is 19.4. The number of amides is 4. The third-order valence-corrected chi connectivity index (χ3v) is 23.2. The van der Waals surface area contributed by atoms with Crippen LogP contribution in [0.1, 0.15) is 189 Å². The minimum absolute atomic E-state index is 0.0163. The van der Waals surface area contributed by atoms with Crippen LogP contribution in [0.2, 0.25) is 0 Å². The lowest BCUT2D eigenvalue weighted by atomic mass is 9.45. The Balaban J connectivity index is 0.689. The van der Waals surface area contributed by atoms with Crippen LogP contribution in [0.3, 0.4) is 0 Å². The highest BCUT2D eigenvalue weighted by molar-refractivity contribution is 7.89. The van der Waals surface area contributed by atoms with Gasteiger partial charge in [-0.15, -0.1) is 5.10 Å². The van der Waals surface area contributed by atoms with Gasteiger partial charge in [-0.2, -0.15) is 9.83 Å². The molecule has 9 rings (SSSR count). The largest absolute Gasteiger partial charge is 0.744 e. The van der Waals surface area contributed by atoms with Crippen molar-refractivity contribution in [2.45, 2.75) is 185 Å². The van der Waals surface area contributed by atoms with Crippen LogP contribution in [0.4, 0.5) is 5.69 Å². The van der Waals surface area contributed by atoms with Crippen molar-refractivity contribution < 1.29 is 63.8 Å². The summed E-state index contributed by atoms with van der Waals surface area (Å²) in [6.45, 7) is 16.7. The number of unbranched alkanes of at least 4 members (excludes halogenated alkanes) is 8. The number of hydrogen-bond donors (Lipinski definition) is 3. The zero-order valence-corrected chi connectivity index (χ0v) is 64.5. The van der Waals surface area contributed by atoms with Gasteiger partial charge < -0.3 is 44.0 Å². The lowest BCUT2D eigenvalue weighted by Crippen LogP contribution is -2.52. The highest BCUT2D eigenvalue weighted by Crippen LogP contribution is 2.65. The molecule has 6 aromatic rings. The van der Waals surface area contributed by atoms with Crippen LogP contribution in [0.15, 0.2) is 121 Å². The molecule has 0 aliphatic heterocycles. The van der Waals surface area contributed by atoms with Crippen LogP contribution < -0.4 is 40.5 Å². The molecule has 3 aromatic carbocycles. The summed E-state index contributed by atoms with van der Waals surface area (Å²) in [7, 11) is -5.81. The number of aromatic nitrogens is 4. The molecule has 29 heteroatoms. The van der Waals surface area contributed by atoms with Crippen LogP contribution in [-0.2, 0) is 64.2 Å². The summed E-state index contributed by atoms with van der Waals surface area (Å²) < 4.78 is 90.5. The average Bonchev–Trinajstić information content (AvgIpc) is 0.854. The monoisotopic (exact) mass is 1510 g/mol. The molecule has 3 aromatic heterocycles. The molecule has 2 bridgehead atoms. The molecule has 1 saturated carbocycles. The predicted molar refractivity (Wildman–Crippen MR) is 405 cm³/mol. The van der Waals surface area contributed by atoms with Gasteiger partial charge >= 0.3 is 5.63 Å². The standard InChI is InChI=1S/C78H103N13O14S2/c1-9-88(10-2)62-30-24-56-46-57(76(96)105-68(56)50-62)25-29-61-31-34-64(107(99,100)101)54-89(61)41-21-15-17-22-71(92)81-40-44-104-45-43-90-53-60(85-87-90)28-35-73(94)91(42-37-79)106(97,98)63-32-26-55(27-33-63)75(95)82-38-19-13-11-16-23-72(93)83-52-58-47-65(67-51-66(58)78(67,5)6)74-69(102-7)48-59(49-70(74)103-8)77(3,4)36-18-12-14-20-39-84-86-80/h24-27,29-34,46-50,53-54,65-67H,9-23,28,35-36,38-45,51-52H2,1-8H3,(H3-,81,82,83,92,93,95,99,100,101)/t65-,66+,67-/m0/s1. The van der Waals surface area contributed by atoms with Gasteiger partial charge in [-0.3, -0.25) is 19.2 Å². The summed E-state index contributed by atoms with van der Waals surface area (Å²) in [5.74, 6) is 0.972. The molecule has 0 unspecified atom stereocenters. The fraction of sp³-hybridized carbons (Fsp3) is 0.526. The van der Waals surface area contributed by atoms with E-state index in [1.54, 1.807) is 49.3 Å². The van der Waals surface area contributed by atoms with Gasteiger partial charge in [-0.1, -0.05) is 81.8 Å². The molecule has 107 heavy (non-hydrogen) atoms. The minimum Gasteiger partial charge on any atom is -0.744 e. The maximum Gasteiger partial charge on any atom is 0.343 e. The molecular weight excluding hydrogens is 1410 g/mol. The van der Waals surface area contributed by atoms with Crippen LogP contribution in [0.5, 0.6) is 11.5 Å². The van der Waals surface area contributed by atoms with Gasteiger partial charge in [-0.05, 0) is 159 Å². The van der Waals surface area contributed by atoms with Gasteiger partial charge in [0.1, 0.15) is 45.2 Å². The summed E-state index contributed by atoms with van der Waals surface area (Å²) in [4.78, 5) is 69.7. The Morgan fingerprint density at radius 1 is 0.841 bits per heavy atom. The Morgan fingerprint density at radius 2 is 1.52 bits per heavy atom. The van der Waals surface area contributed by atoms with E-state index in [2.05, 4.69) is 87.1 Å². The number of aryl methyl sites for hydroxylation is 2. The van der Waals surface area contributed by atoms with Crippen molar-refractivity contribution in [1.82, 2.24) is 35.2 Å². The van der Waals surface area contributed by atoms with E-state index in [0.29, 0.717) is 97.8 Å². The molecule has 1 fully saturated rings. The van der Waals surface area contributed by atoms with Gasteiger partial charge in [0.2, 0.25) is 23.4 Å². The van der Waals surface area contributed by atoms with Gasteiger partial charge in [-0.25, -0.2) is 30.6 Å². The first kappa shape index (κ1) is 83.2. The van der Waals surface area contributed by atoms with Gasteiger partial charge in [0, 0.05) is 129 Å². The van der Waals surface area contributed by atoms with E-state index in [9.17, 15) is 50.6 Å². The smallest absolute Gasteiger partial charge is 0.343 e. The number of nitriles is 1. The van der Waals surface area contributed by atoms with Crippen molar-refractivity contribution in [1.29, 1.82) is 5.26 Å². The first-order valence-corrected chi connectivity index (χ1v) is 39.9. The number of nitrogens with one attached hydrogen (secondary N) is 3. The summed E-state index contributed by atoms with van der Waals surface area (Å²) in [6, 6.07) is 21.4. The van der Waals surface area contributed by atoms with E-state index in [1.807, 2.05) is 32.0 Å². The fourth-order valence-corrected chi connectivity index (χ4v) is 16.0. The van der Waals surface area contributed by atoms with Crippen molar-refractivity contribution in [3.63, 3.8) is 0 Å². The minimum atomic E-state index is -4.75. The number of hydrogen-bond acceptors (Lipinski definition) is 19. The van der Waals surface area contributed by atoms with E-state index < -0.39 is 49.0 Å².